The van der Waals surface area contributed by atoms with Gasteiger partial charge < -0.3 is 19.6 Å². The maximum absolute atomic E-state index is 12.0. The van der Waals surface area contributed by atoms with Gasteiger partial charge in [-0.1, -0.05) is 23.4 Å². The van der Waals surface area contributed by atoms with Crippen LogP contribution in [-0.2, 0) is 11.2 Å². The third-order valence-corrected chi connectivity index (χ3v) is 6.30. The lowest BCUT2D eigenvalue weighted by Gasteiger charge is -2.23. The van der Waals surface area contributed by atoms with Crippen LogP contribution in [0.4, 0.5) is 5.69 Å². The molecule has 2 aromatic rings. The molecule has 1 aromatic heterocycles. The summed E-state index contributed by atoms with van der Waals surface area (Å²) in [6.45, 7) is 7.32. The molecule has 1 saturated heterocycles. The summed E-state index contributed by atoms with van der Waals surface area (Å²) in [6, 6.07) is 8.56. The minimum absolute atomic E-state index is 0. The predicted octanol–water partition coefficient (Wildman–Crippen LogP) is 3.64. The first-order chi connectivity index (χ1) is 14.6. The number of aliphatic imine (C=N–C) groups is 1. The van der Waals surface area contributed by atoms with Crippen LogP contribution in [0.5, 0.6) is 0 Å². The molecule has 1 fully saturated rings. The smallest absolute Gasteiger partial charge is 0.222 e. The quantitative estimate of drug-likeness (QED) is 0.346. The number of aromatic nitrogens is 1. The zero-order valence-corrected chi connectivity index (χ0v) is 20.9. The number of halogens is 1. The van der Waals surface area contributed by atoms with Crippen molar-refractivity contribution in [2.45, 2.75) is 45.4 Å². The molecule has 1 aromatic carbocycles. The number of benzene rings is 1. The van der Waals surface area contributed by atoms with Crippen molar-refractivity contribution >= 4 is 41.5 Å². The average molecular weight is 537 g/mol. The van der Waals surface area contributed by atoms with E-state index >= 15 is 0 Å². The largest absolute Gasteiger partial charge is 0.361 e. The molecule has 2 aliphatic heterocycles. The van der Waals surface area contributed by atoms with Crippen molar-refractivity contribution in [2.75, 3.05) is 38.1 Å². The molecule has 3 heterocycles. The zero-order chi connectivity index (χ0) is 21.1. The second kappa shape index (κ2) is 10.5. The number of rotatable bonds is 6. The Labute approximate surface area is 201 Å². The van der Waals surface area contributed by atoms with E-state index in [1.54, 1.807) is 0 Å². The predicted molar refractivity (Wildman–Crippen MR) is 133 cm³/mol. The minimum Gasteiger partial charge on any atom is -0.361 e. The normalized spacial score (nSPS) is 18.4. The highest BCUT2D eigenvalue weighted by Gasteiger charge is 2.32. The van der Waals surface area contributed by atoms with E-state index in [2.05, 4.69) is 44.6 Å². The average Bonchev–Trinajstić information content (AvgIpc) is 3.42. The number of guanidine groups is 1. The first-order valence-electron chi connectivity index (χ1n) is 10.8. The van der Waals surface area contributed by atoms with E-state index in [4.69, 9.17) is 4.52 Å². The van der Waals surface area contributed by atoms with Crippen molar-refractivity contribution in [2.24, 2.45) is 4.99 Å². The fourth-order valence-corrected chi connectivity index (χ4v) is 4.65. The highest BCUT2D eigenvalue weighted by atomic mass is 127. The molecule has 1 amide bonds. The minimum atomic E-state index is 0. The van der Waals surface area contributed by atoms with Crippen LogP contribution in [0.15, 0.2) is 33.8 Å². The van der Waals surface area contributed by atoms with Crippen molar-refractivity contribution in [3.8, 4) is 0 Å². The van der Waals surface area contributed by atoms with Crippen LogP contribution >= 0.6 is 24.0 Å². The standard InChI is InChI=1S/C23H31N5O2.HI/c1-16-19(17(2)30-26-16)10-12-25-23(24-3)28-15-18(20-7-4-5-8-21(20)28)11-14-27-13-6-9-22(27)29;/h4-5,7-8,18H,6,9-15H2,1-3H3,(H,24,25);1H. The highest BCUT2D eigenvalue weighted by molar-refractivity contribution is 14.0. The molecular weight excluding hydrogens is 505 g/mol. The molecule has 0 bridgehead atoms. The summed E-state index contributed by atoms with van der Waals surface area (Å²) in [4.78, 5) is 20.8. The third-order valence-electron chi connectivity index (χ3n) is 6.30. The van der Waals surface area contributed by atoms with Gasteiger partial charge >= 0.3 is 0 Å². The van der Waals surface area contributed by atoms with Crippen molar-refractivity contribution in [3.63, 3.8) is 0 Å². The van der Waals surface area contributed by atoms with Crippen molar-refractivity contribution in [1.29, 1.82) is 0 Å². The second-order valence-electron chi connectivity index (χ2n) is 8.17. The van der Waals surface area contributed by atoms with Gasteiger partial charge in [0.15, 0.2) is 5.96 Å². The number of amides is 1. The molecule has 1 atom stereocenters. The van der Waals surface area contributed by atoms with Gasteiger partial charge in [-0.05, 0) is 44.7 Å². The molecule has 2 aliphatic rings. The maximum Gasteiger partial charge on any atom is 0.222 e. The van der Waals surface area contributed by atoms with Gasteiger partial charge in [0.25, 0.3) is 0 Å². The number of carbonyl (C=O) groups is 1. The summed E-state index contributed by atoms with van der Waals surface area (Å²) in [6.07, 6.45) is 3.52. The van der Waals surface area contributed by atoms with E-state index in [9.17, 15) is 4.79 Å². The van der Waals surface area contributed by atoms with E-state index in [-0.39, 0.29) is 24.0 Å². The number of fused-ring (bicyclic) bond motifs is 1. The van der Waals surface area contributed by atoms with Gasteiger partial charge in [-0.25, -0.2) is 0 Å². The van der Waals surface area contributed by atoms with E-state index < -0.39 is 0 Å². The van der Waals surface area contributed by atoms with Gasteiger partial charge in [-0.2, -0.15) is 0 Å². The topological polar surface area (TPSA) is 74.0 Å². The third kappa shape index (κ3) is 5.05. The maximum atomic E-state index is 12.0. The van der Waals surface area contributed by atoms with Gasteiger partial charge in [0.1, 0.15) is 5.76 Å². The summed E-state index contributed by atoms with van der Waals surface area (Å²) >= 11 is 0. The summed E-state index contributed by atoms with van der Waals surface area (Å²) < 4.78 is 5.27. The molecule has 168 valence electrons. The molecule has 8 heteroatoms. The van der Waals surface area contributed by atoms with Crippen LogP contribution in [0.1, 0.15) is 47.8 Å². The van der Waals surface area contributed by atoms with Gasteiger partial charge in [-0.3, -0.25) is 9.79 Å². The van der Waals surface area contributed by atoms with Crippen molar-refractivity contribution in [3.05, 3.63) is 46.8 Å². The fraction of sp³-hybridized carbons (Fsp3) is 0.522. The van der Waals surface area contributed by atoms with E-state index in [0.717, 1.165) is 68.4 Å². The zero-order valence-electron chi connectivity index (χ0n) is 18.6. The lowest BCUT2D eigenvalue weighted by atomic mass is 9.98. The second-order valence-corrected chi connectivity index (χ2v) is 8.17. The number of likely N-dealkylation sites (tertiary alicyclic amines) is 1. The number of hydrogen-bond acceptors (Lipinski definition) is 4. The van der Waals surface area contributed by atoms with E-state index in [0.29, 0.717) is 18.2 Å². The molecule has 4 rings (SSSR count). The highest BCUT2D eigenvalue weighted by Crippen LogP contribution is 2.38. The Morgan fingerprint density at radius 3 is 2.81 bits per heavy atom. The van der Waals surface area contributed by atoms with Crippen molar-refractivity contribution in [1.82, 2.24) is 15.4 Å². The Morgan fingerprint density at radius 1 is 1.32 bits per heavy atom. The first kappa shape index (κ1) is 23.6. The number of carbonyl (C=O) groups excluding carboxylic acids is 1. The summed E-state index contributed by atoms with van der Waals surface area (Å²) in [7, 11) is 1.83. The molecule has 0 aliphatic carbocycles. The molecule has 7 nitrogen and oxygen atoms in total. The molecule has 31 heavy (non-hydrogen) atoms. The Kier molecular flexibility index (Phi) is 7.96. The number of aryl methyl sites for hydroxylation is 2. The lowest BCUT2D eigenvalue weighted by Crippen LogP contribution is -2.42. The van der Waals surface area contributed by atoms with Crippen LogP contribution < -0.4 is 10.2 Å². The SMILES string of the molecule is CN=C(NCCc1c(C)noc1C)N1CC(CCN2CCCC2=O)c2ccccc21.I. The number of hydrogen-bond donors (Lipinski definition) is 1. The number of nitrogens with one attached hydrogen (secondary N) is 1. The van der Waals surface area contributed by atoms with Crippen LogP contribution in [0.3, 0.4) is 0 Å². The van der Waals surface area contributed by atoms with Gasteiger partial charge in [0.2, 0.25) is 5.91 Å². The number of anilines is 1. The van der Waals surface area contributed by atoms with Crippen LogP contribution in [0.2, 0.25) is 0 Å². The molecule has 0 radical (unpaired) electrons. The molecule has 1 N–H and O–H groups in total. The lowest BCUT2D eigenvalue weighted by molar-refractivity contribution is -0.127. The summed E-state index contributed by atoms with van der Waals surface area (Å²) in [5, 5.41) is 7.55. The molecule has 1 unspecified atom stereocenters. The van der Waals surface area contributed by atoms with Gasteiger partial charge in [-0.15, -0.1) is 24.0 Å². The van der Waals surface area contributed by atoms with E-state index in [1.165, 1.54) is 11.3 Å². The fourth-order valence-electron chi connectivity index (χ4n) is 4.65. The summed E-state index contributed by atoms with van der Waals surface area (Å²) in [5.41, 5.74) is 4.67. The number of para-hydroxylation sites is 1. The van der Waals surface area contributed by atoms with Crippen LogP contribution in [0.25, 0.3) is 0 Å². The first-order valence-corrected chi connectivity index (χ1v) is 10.8. The molecular formula is C23H32IN5O2. The molecule has 0 spiro atoms. The van der Waals surface area contributed by atoms with E-state index in [1.807, 2.05) is 25.8 Å². The summed E-state index contributed by atoms with van der Waals surface area (Å²) in [5.74, 6) is 2.46. The van der Waals surface area contributed by atoms with Gasteiger partial charge in [0, 0.05) is 56.8 Å². The van der Waals surface area contributed by atoms with Crippen molar-refractivity contribution < 1.29 is 9.32 Å². The monoisotopic (exact) mass is 537 g/mol. The van der Waals surface area contributed by atoms with Crippen LogP contribution in [-0.4, -0.2) is 55.2 Å². The van der Waals surface area contributed by atoms with Crippen LogP contribution in [0, 0.1) is 13.8 Å². The Hall–Kier alpha value is -2.10. The Bertz CT molecular complexity index is 922. The molecule has 0 saturated carbocycles. The Balaban J connectivity index is 0.00000272. The number of nitrogens with zero attached hydrogens (tertiary/aromatic N) is 4. The Morgan fingerprint density at radius 2 is 2.13 bits per heavy atom. The van der Waals surface area contributed by atoms with Gasteiger partial charge in [0.05, 0.1) is 5.69 Å².